The maximum atomic E-state index is 3.53. The Bertz CT molecular complexity index is 470. The van der Waals surface area contributed by atoms with Crippen LogP contribution in [-0.2, 0) is 0 Å². The van der Waals surface area contributed by atoms with Crippen LogP contribution in [0.25, 0.3) is 0 Å². The second-order valence-electron chi connectivity index (χ2n) is 5.38. The van der Waals surface area contributed by atoms with Gasteiger partial charge in [0.25, 0.3) is 0 Å². The van der Waals surface area contributed by atoms with Gasteiger partial charge in [-0.1, -0.05) is 77.7 Å². The number of rotatable bonds is 1. The standard InChI is InChI=1S/2C8H10.C6H10.CH4S/c2*1-7-3-5-8(2)6-4-7;1-3-5-6-4-2;1-2/h2*3-6H,1-2H3;3,6H,4H2,1-2H3;2H,1H3. The Morgan fingerprint density at radius 3 is 1.08 bits per heavy atom. The third kappa shape index (κ3) is 16.7. The van der Waals surface area contributed by atoms with Crippen LogP contribution in [-0.4, -0.2) is 6.26 Å². The quantitative estimate of drug-likeness (QED) is 0.408. The van der Waals surface area contributed by atoms with Crippen molar-refractivity contribution in [3.63, 3.8) is 0 Å². The van der Waals surface area contributed by atoms with Crippen molar-refractivity contribution in [1.29, 1.82) is 0 Å². The molecule has 0 heterocycles. The average molecular weight is 343 g/mol. The fraction of sp³-hybridized carbons (Fsp3) is 0.348. The number of aryl methyl sites for hydroxylation is 4. The van der Waals surface area contributed by atoms with Gasteiger partial charge in [0.15, 0.2) is 0 Å². The Kier molecular flexibility index (Phi) is 18.1. The van der Waals surface area contributed by atoms with Gasteiger partial charge < -0.3 is 0 Å². The lowest BCUT2D eigenvalue weighted by Gasteiger charge is -1.90. The predicted octanol–water partition coefficient (Wildman–Crippen LogP) is 7.28. The largest absolute Gasteiger partial charge is 0.183 e. The number of allylic oxidation sites excluding steroid dienone is 1. The molecule has 0 nitrogen and oxygen atoms in total. The van der Waals surface area contributed by atoms with E-state index < -0.39 is 0 Å². The van der Waals surface area contributed by atoms with E-state index in [4.69, 9.17) is 0 Å². The van der Waals surface area contributed by atoms with E-state index in [0.717, 1.165) is 6.42 Å². The monoisotopic (exact) mass is 342 g/mol. The molecule has 0 saturated carbocycles. The summed E-state index contributed by atoms with van der Waals surface area (Å²) in [6.07, 6.45) is 6.69. The van der Waals surface area contributed by atoms with Gasteiger partial charge in [-0.05, 0) is 59.4 Å². The first-order valence-corrected chi connectivity index (χ1v) is 9.25. The Morgan fingerprint density at radius 2 is 0.958 bits per heavy atom. The molecule has 2 rings (SSSR count). The average Bonchev–Trinajstić information content (AvgIpc) is 2.61. The molecule has 0 N–H and O–H groups in total. The van der Waals surface area contributed by atoms with Gasteiger partial charge in [0.2, 0.25) is 0 Å². The minimum absolute atomic E-state index is 1.09. The molecule has 2 aromatic rings. The normalized spacial score (nSPS) is 8.00. The topological polar surface area (TPSA) is 0 Å². The Balaban J connectivity index is 0. The maximum absolute atomic E-state index is 3.53. The van der Waals surface area contributed by atoms with E-state index in [9.17, 15) is 0 Å². The van der Waals surface area contributed by atoms with Gasteiger partial charge in [0.1, 0.15) is 0 Å². The second-order valence-corrected chi connectivity index (χ2v) is 5.38. The van der Waals surface area contributed by atoms with Crippen molar-refractivity contribution in [3.05, 3.63) is 88.7 Å². The molecule has 0 saturated heterocycles. The molecular formula is C23H34S. The molecule has 1 heteroatoms. The first-order valence-electron chi connectivity index (χ1n) is 8.36. The summed E-state index contributed by atoms with van der Waals surface area (Å²) in [7, 11) is 0. The third-order valence-corrected chi connectivity index (χ3v) is 2.93. The van der Waals surface area contributed by atoms with Crippen molar-refractivity contribution < 1.29 is 0 Å². The summed E-state index contributed by atoms with van der Waals surface area (Å²) in [5.74, 6) is 0. The fourth-order valence-electron chi connectivity index (χ4n) is 1.51. The lowest BCUT2D eigenvalue weighted by Crippen LogP contribution is -1.70. The van der Waals surface area contributed by atoms with Gasteiger partial charge in [-0.2, -0.15) is 12.6 Å². The number of hydrogen-bond donors (Lipinski definition) is 1. The smallest absolute Gasteiger partial charge is 0.0215 e. The first-order chi connectivity index (χ1) is 11.5. The Morgan fingerprint density at radius 1 is 0.708 bits per heavy atom. The number of thiol groups is 1. The number of hydrogen-bond acceptors (Lipinski definition) is 1. The van der Waals surface area contributed by atoms with Crippen molar-refractivity contribution in [2.24, 2.45) is 0 Å². The van der Waals surface area contributed by atoms with E-state index in [1.807, 2.05) is 19.1 Å². The molecule has 0 bridgehead atoms. The molecule has 0 spiro atoms. The van der Waals surface area contributed by atoms with Crippen LogP contribution in [0.3, 0.4) is 0 Å². The summed E-state index contributed by atoms with van der Waals surface area (Å²) in [6, 6.07) is 17.0. The van der Waals surface area contributed by atoms with Crippen LogP contribution in [0.15, 0.2) is 66.4 Å². The van der Waals surface area contributed by atoms with E-state index >= 15 is 0 Å². The molecule has 132 valence electrons. The summed E-state index contributed by atoms with van der Waals surface area (Å²) in [5, 5.41) is 0. The summed E-state index contributed by atoms with van der Waals surface area (Å²) in [4.78, 5) is 0. The van der Waals surface area contributed by atoms with E-state index in [1.54, 1.807) is 6.26 Å². The highest BCUT2D eigenvalue weighted by Crippen LogP contribution is 2.00. The highest BCUT2D eigenvalue weighted by atomic mass is 32.1. The summed E-state index contributed by atoms with van der Waals surface area (Å²) >= 11 is 3.53. The fourth-order valence-corrected chi connectivity index (χ4v) is 1.51. The van der Waals surface area contributed by atoms with Crippen LogP contribution in [0.4, 0.5) is 0 Å². The molecule has 0 amide bonds. The van der Waals surface area contributed by atoms with E-state index in [1.165, 1.54) is 22.3 Å². The third-order valence-electron chi connectivity index (χ3n) is 2.93. The molecule has 0 aliphatic carbocycles. The summed E-state index contributed by atoms with van der Waals surface area (Å²) in [5.41, 5.74) is 8.26. The minimum Gasteiger partial charge on any atom is -0.183 e. The molecule has 0 aliphatic rings. The van der Waals surface area contributed by atoms with Crippen molar-refractivity contribution in [3.8, 4) is 0 Å². The van der Waals surface area contributed by atoms with Gasteiger partial charge in [-0.25, -0.2) is 0 Å². The van der Waals surface area contributed by atoms with Crippen molar-refractivity contribution >= 4 is 12.6 Å². The molecular weight excluding hydrogens is 308 g/mol. The van der Waals surface area contributed by atoms with Crippen LogP contribution in [0.5, 0.6) is 0 Å². The van der Waals surface area contributed by atoms with E-state index in [-0.39, 0.29) is 0 Å². The SMILES string of the molecule is CC=C=CCC.CS.Cc1ccc(C)cc1.Cc1ccc(C)cc1. The van der Waals surface area contributed by atoms with Gasteiger partial charge in [-0.3, -0.25) is 0 Å². The summed E-state index contributed by atoms with van der Waals surface area (Å²) < 4.78 is 0. The minimum atomic E-state index is 1.09. The van der Waals surface area contributed by atoms with Crippen molar-refractivity contribution in [1.82, 2.24) is 0 Å². The molecule has 0 aliphatic heterocycles. The van der Waals surface area contributed by atoms with Crippen LogP contribution in [0.2, 0.25) is 0 Å². The first kappa shape index (κ1) is 24.6. The molecule has 0 unspecified atom stereocenters. The lowest BCUT2D eigenvalue weighted by molar-refractivity contribution is 1.23. The zero-order valence-electron chi connectivity index (χ0n) is 16.4. The molecule has 2 aromatic carbocycles. The van der Waals surface area contributed by atoms with Crippen LogP contribution >= 0.6 is 12.6 Å². The molecule has 0 radical (unpaired) electrons. The van der Waals surface area contributed by atoms with Gasteiger partial charge in [0.05, 0.1) is 0 Å². The Labute approximate surface area is 155 Å². The highest BCUT2D eigenvalue weighted by molar-refractivity contribution is 7.79. The Hall–Kier alpha value is -1.69. The number of benzene rings is 2. The lowest BCUT2D eigenvalue weighted by atomic mass is 10.2. The van der Waals surface area contributed by atoms with Gasteiger partial charge in [-0.15, -0.1) is 5.73 Å². The molecule has 0 fully saturated rings. The zero-order valence-corrected chi connectivity index (χ0v) is 17.3. The molecule has 24 heavy (non-hydrogen) atoms. The van der Waals surface area contributed by atoms with E-state index in [0.29, 0.717) is 0 Å². The highest BCUT2D eigenvalue weighted by Gasteiger charge is 1.80. The van der Waals surface area contributed by atoms with E-state index in [2.05, 4.69) is 102 Å². The van der Waals surface area contributed by atoms with Crippen LogP contribution in [0.1, 0.15) is 42.5 Å². The van der Waals surface area contributed by atoms with Gasteiger partial charge >= 0.3 is 0 Å². The summed E-state index contributed by atoms with van der Waals surface area (Å²) in [6.45, 7) is 12.4. The maximum Gasteiger partial charge on any atom is -0.0215 e. The van der Waals surface area contributed by atoms with Crippen molar-refractivity contribution in [2.75, 3.05) is 6.26 Å². The van der Waals surface area contributed by atoms with Crippen LogP contribution < -0.4 is 0 Å². The predicted molar refractivity (Wildman–Crippen MR) is 115 cm³/mol. The molecule has 0 atom stereocenters. The zero-order chi connectivity index (χ0) is 18.8. The second kappa shape index (κ2) is 17.7. The van der Waals surface area contributed by atoms with Gasteiger partial charge in [0, 0.05) is 0 Å². The molecule has 0 aromatic heterocycles. The van der Waals surface area contributed by atoms with Crippen LogP contribution in [0, 0.1) is 27.7 Å². The van der Waals surface area contributed by atoms with Crippen molar-refractivity contribution in [2.45, 2.75) is 48.0 Å².